The number of carbonyl (C=O) groups is 4. The third-order valence-electron chi connectivity index (χ3n) is 5.10. The van der Waals surface area contributed by atoms with Crippen LogP contribution >= 0.6 is 12.2 Å². The van der Waals surface area contributed by atoms with Crippen molar-refractivity contribution in [2.75, 3.05) is 26.2 Å². The second-order valence-corrected chi connectivity index (χ2v) is 8.22. The van der Waals surface area contributed by atoms with E-state index in [-0.39, 0.29) is 13.1 Å². The molecule has 0 aliphatic carbocycles. The smallest absolute Gasteiger partial charge is 0.317 e. The standard InChI is InChI=1S/C23H21N5O8S/c29-18(30)8-27(9-19(31)32)6-14-2-1-13-5-17(24-12-37)16-4-3-15(26-23(16)22(13)25-14)7-28(10-20(33)34)11-21(35)36/h1-5H,6-11H2,(H,29,30)(H,31,32)(H,33,34)(H,35,36). The molecule has 0 spiro atoms. The number of pyridine rings is 2. The molecule has 0 saturated heterocycles. The van der Waals surface area contributed by atoms with Crippen LogP contribution in [0.2, 0.25) is 0 Å². The van der Waals surface area contributed by atoms with Gasteiger partial charge in [0, 0.05) is 23.9 Å². The van der Waals surface area contributed by atoms with Crippen molar-refractivity contribution in [1.82, 2.24) is 19.8 Å². The highest BCUT2D eigenvalue weighted by Crippen LogP contribution is 2.32. The SMILES string of the molecule is O=C(O)CN(CC(=O)O)Cc1ccc2cc(N=C=S)c3ccc(CN(CC(=O)O)CC(=O)O)nc3c2n1. The van der Waals surface area contributed by atoms with Crippen molar-refractivity contribution in [3.8, 4) is 0 Å². The monoisotopic (exact) mass is 527 g/mol. The van der Waals surface area contributed by atoms with Crippen molar-refractivity contribution in [2.24, 2.45) is 4.99 Å². The van der Waals surface area contributed by atoms with Crippen LogP contribution in [0, 0.1) is 0 Å². The lowest BCUT2D eigenvalue weighted by atomic mass is 10.1. The minimum Gasteiger partial charge on any atom is -0.480 e. The fourth-order valence-electron chi connectivity index (χ4n) is 3.80. The fourth-order valence-corrected chi connectivity index (χ4v) is 3.90. The van der Waals surface area contributed by atoms with Crippen LogP contribution < -0.4 is 0 Å². The van der Waals surface area contributed by atoms with Crippen LogP contribution in [0.5, 0.6) is 0 Å². The highest BCUT2D eigenvalue weighted by molar-refractivity contribution is 7.78. The summed E-state index contributed by atoms with van der Waals surface area (Å²) in [5.74, 6) is -4.75. The molecule has 0 amide bonds. The molecule has 3 rings (SSSR count). The molecule has 192 valence electrons. The van der Waals surface area contributed by atoms with E-state index in [1.54, 1.807) is 30.3 Å². The van der Waals surface area contributed by atoms with Gasteiger partial charge in [0.2, 0.25) is 0 Å². The first-order valence-corrected chi connectivity index (χ1v) is 11.1. The summed E-state index contributed by atoms with van der Waals surface area (Å²) in [6.07, 6.45) is 0. The summed E-state index contributed by atoms with van der Waals surface area (Å²) in [6, 6.07) is 8.33. The summed E-state index contributed by atoms with van der Waals surface area (Å²) in [4.78, 5) is 60.4. The molecule has 2 aromatic heterocycles. The molecule has 4 N–H and O–H groups in total. The van der Waals surface area contributed by atoms with E-state index in [4.69, 9.17) is 32.6 Å². The van der Waals surface area contributed by atoms with Crippen molar-refractivity contribution in [1.29, 1.82) is 0 Å². The zero-order chi connectivity index (χ0) is 27.1. The molecule has 1 aromatic carbocycles. The number of isothiocyanates is 1. The third-order valence-corrected chi connectivity index (χ3v) is 5.19. The van der Waals surface area contributed by atoms with Crippen LogP contribution in [0.15, 0.2) is 35.3 Å². The predicted octanol–water partition coefficient (Wildman–Crippen LogP) is 1.46. The minimum atomic E-state index is -1.19. The summed E-state index contributed by atoms with van der Waals surface area (Å²) < 4.78 is 0. The molecule has 2 heterocycles. The fraction of sp³-hybridized carbons (Fsp3) is 0.261. The van der Waals surface area contributed by atoms with Gasteiger partial charge in [-0.15, -0.1) is 0 Å². The molecule has 13 nitrogen and oxygen atoms in total. The molecule has 0 atom stereocenters. The number of carboxylic acid groups (broad SMARTS) is 4. The van der Waals surface area contributed by atoms with E-state index in [9.17, 15) is 19.2 Å². The van der Waals surface area contributed by atoms with Gasteiger partial charge in [-0.25, -0.2) is 9.97 Å². The number of benzene rings is 1. The van der Waals surface area contributed by atoms with Crippen molar-refractivity contribution >= 4 is 68.7 Å². The zero-order valence-electron chi connectivity index (χ0n) is 19.2. The molecule has 37 heavy (non-hydrogen) atoms. The van der Waals surface area contributed by atoms with Gasteiger partial charge >= 0.3 is 23.9 Å². The number of aliphatic imine (C=N–C) groups is 1. The van der Waals surface area contributed by atoms with Gasteiger partial charge in [-0.3, -0.25) is 29.0 Å². The Hall–Kier alpha value is -4.36. The van der Waals surface area contributed by atoms with E-state index in [2.05, 4.69) is 20.1 Å². The average molecular weight is 528 g/mol. The Balaban J connectivity index is 2.10. The van der Waals surface area contributed by atoms with Gasteiger partial charge in [-0.05, 0) is 36.5 Å². The number of aromatic nitrogens is 2. The van der Waals surface area contributed by atoms with Crippen LogP contribution in [0.3, 0.4) is 0 Å². The van der Waals surface area contributed by atoms with Crippen LogP contribution in [-0.2, 0) is 32.3 Å². The number of fused-ring (bicyclic) bond motifs is 3. The molecular formula is C23H21N5O8S. The molecular weight excluding hydrogens is 506 g/mol. The van der Waals surface area contributed by atoms with Crippen molar-refractivity contribution in [2.45, 2.75) is 13.1 Å². The maximum absolute atomic E-state index is 11.2. The quantitative estimate of drug-likeness (QED) is 0.142. The summed E-state index contributed by atoms with van der Waals surface area (Å²) in [5.41, 5.74) is 2.01. The molecule has 0 saturated carbocycles. The van der Waals surface area contributed by atoms with E-state index >= 15 is 0 Å². The first kappa shape index (κ1) is 27.2. The van der Waals surface area contributed by atoms with E-state index in [1.165, 1.54) is 9.80 Å². The van der Waals surface area contributed by atoms with Gasteiger partial charge < -0.3 is 20.4 Å². The Bertz CT molecular complexity index is 1410. The van der Waals surface area contributed by atoms with Gasteiger partial charge in [0.1, 0.15) is 0 Å². The van der Waals surface area contributed by atoms with Crippen molar-refractivity contribution in [3.05, 3.63) is 41.7 Å². The van der Waals surface area contributed by atoms with Crippen LogP contribution in [0.25, 0.3) is 21.8 Å². The van der Waals surface area contributed by atoms with Gasteiger partial charge in [0.25, 0.3) is 0 Å². The highest BCUT2D eigenvalue weighted by Gasteiger charge is 2.18. The Morgan fingerprint density at radius 2 is 1.22 bits per heavy atom. The molecule has 0 bridgehead atoms. The maximum atomic E-state index is 11.2. The average Bonchev–Trinajstić information content (AvgIpc) is 2.78. The molecule has 3 aromatic rings. The number of carboxylic acids is 4. The third kappa shape index (κ3) is 7.56. The Morgan fingerprint density at radius 3 is 1.68 bits per heavy atom. The number of hydrogen-bond donors (Lipinski definition) is 4. The second-order valence-electron chi connectivity index (χ2n) is 8.04. The van der Waals surface area contributed by atoms with E-state index < -0.39 is 50.1 Å². The van der Waals surface area contributed by atoms with Crippen LogP contribution in [-0.4, -0.2) is 95.4 Å². The Kier molecular flexibility index (Phi) is 8.87. The van der Waals surface area contributed by atoms with Gasteiger partial charge in [0.15, 0.2) is 0 Å². The topological polar surface area (TPSA) is 194 Å². The number of hydrogen-bond acceptors (Lipinski definition) is 10. The van der Waals surface area contributed by atoms with E-state index in [0.717, 1.165) is 0 Å². The number of rotatable bonds is 13. The lowest BCUT2D eigenvalue weighted by Gasteiger charge is -2.19. The molecule has 0 unspecified atom stereocenters. The Morgan fingerprint density at radius 1 is 0.757 bits per heavy atom. The van der Waals surface area contributed by atoms with Crippen LogP contribution in [0.1, 0.15) is 11.4 Å². The normalized spacial score (nSPS) is 11.1. The van der Waals surface area contributed by atoms with Gasteiger partial charge in [-0.1, -0.05) is 6.07 Å². The largest absolute Gasteiger partial charge is 0.480 e. The minimum absolute atomic E-state index is 0.0550. The zero-order valence-corrected chi connectivity index (χ0v) is 20.0. The molecule has 0 aliphatic heterocycles. The second kappa shape index (κ2) is 12.1. The molecule has 0 fully saturated rings. The van der Waals surface area contributed by atoms with Crippen molar-refractivity contribution in [3.63, 3.8) is 0 Å². The van der Waals surface area contributed by atoms with Gasteiger partial charge in [0.05, 0.1) is 59.4 Å². The summed E-state index contributed by atoms with van der Waals surface area (Å²) in [5, 5.41) is 39.9. The number of thiocarbonyl (C=S) groups is 1. The first-order chi connectivity index (χ1) is 17.5. The lowest BCUT2D eigenvalue weighted by molar-refractivity contribution is -0.144. The van der Waals surface area contributed by atoms with E-state index in [0.29, 0.717) is 38.9 Å². The molecule has 14 heteroatoms. The first-order valence-electron chi connectivity index (χ1n) is 10.7. The summed E-state index contributed by atoms with van der Waals surface area (Å²) >= 11 is 4.75. The van der Waals surface area contributed by atoms with Crippen LogP contribution in [0.4, 0.5) is 5.69 Å². The number of aliphatic carboxylic acids is 4. The summed E-state index contributed by atoms with van der Waals surface area (Å²) in [7, 11) is 0. The Labute approximate surface area is 214 Å². The maximum Gasteiger partial charge on any atom is 0.317 e. The lowest BCUT2D eigenvalue weighted by Crippen LogP contribution is -2.34. The van der Waals surface area contributed by atoms with E-state index in [1.807, 2.05) is 0 Å². The van der Waals surface area contributed by atoms with Crippen molar-refractivity contribution < 1.29 is 39.6 Å². The molecule has 0 radical (unpaired) electrons. The summed E-state index contributed by atoms with van der Waals surface area (Å²) in [6.45, 7) is -2.14. The predicted molar refractivity (Wildman–Crippen MR) is 133 cm³/mol. The molecule has 0 aliphatic rings. The number of nitrogens with zero attached hydrogens (tertiary/aromatic N) is 5. The van der Waals surface area contributed by atoms with Gasteiger partial charge in [-0.2, -0.15) is 4.99 Å². The highest BCUT2D eigenvalue weighted by atomic mass is 32.1.